The Morgan fingerprint density at radius 3 is 2.59 bits per heavy atom. The Kier molecular flexibility index (Phi) is 5.14. The molecule has 2 aromatic rings. The molecule has 0 spiro atoms. The van der Waals surface area contributed by atoms with E-state index in [0.717, 1.165) is 11.8 Å². The zero-order valence-corrected chi connectivity index (χ0v) is 14.9. The van der Waals surface area contributed by atoms with Gasteiger partial charge in [0.25, 0.3) is 11.6 Å². The second-order valence-electron chi connectivity index (χ2n) is 5.11. The van der Waals surface area contributed by atoms with Gasteiger partial charge in [-0.3, -0.25) is 29.9 Å². The molecular formula is C16H9N3O6S2. The number of hydrogen-bond acceptors (Lipinski definition) is 8. The molecule has 1 aromatic heterocycles. The summed E-state index contributed by atoms with van der Waals surface area (Å²) < 4.78 is 5.22. The molecule has 0 unspecified atom stereocenters. The van der Waals surface area contributed by atoms with Gasteiger partial charge in [-0.25, -0.2) is 0 Å². The lowest BCUT2D eigenvalue weighted by molar-refractivity contribution is -0.402. The summed E-state index contributed by atoms with van der Waals surface area (Å²) in [6, 6.07) is 8.27. The fourth-order valence-electron chi connectivity index (χ4n) is 2.21. The second-order valence-corrected chi connectivity index (χ2v) is 6.78. The van der Waals surface area contributed by atoms with Crippen LogP contribution >= 0.6 is 24.0 Å². The fourth-order valence-corrected chi connectivity index (χ4v) is 3.46. The van der Waals surface area contributed by atoms with Crippen molar-refractivity contribution in [2.45, 2.75) is 0 Å². The van der Waals surface area contributed by atoms with Crippen LogP contribution in [0, 0.1) is 20.2 Å². The number of hydrogen-bond donors (Lipinski definition) is 0. The minimum Gasteiger partial charge on any atom is -0.401 e. The Morgan fingerprint density at radius 2 is 1.93 bits per heavy atom. The predicted octanol–water partition coefficient (Wildman–Crippen LogP) is 4.06. The van der Waals surface area contributed by atoms with Crippen molar-refractivity contribution in [3.05, 3.63) is 79.4 Å². The first-order chi connectivity index (χ1) is 12.9. The number of carbonyl (C=O) groups is 1. The average molecular weight is 403 g/mol. The molecule has 0 saturated carbocycles. The summed E-state index contributed by atoms with van der Waals surface area (Å²) in [4.78, 5) is 34.4. The molecule has 1 saturated heterocycles. The lowest BCUT2D eigenvalue weighted by Gasteiger charge is -2.13. The van der Waals surface area contributed by atoms with Crippen molar-refractivity contribution in [2.75, 3.05) is 4.90 Å². The smallest absolute Gasteiger partial charge is 0.401 e. The van der Waals surface area contributed by atoms with E-state index < -0.39 is 15.8 Å². The van der Waals surface area contributed by atoms with Crippen molar-refractivity contribution in [3.63, 3.8) is 0 Å². The van der Waals surface area contributed by atoms with E-state index in [4.69, 9.17) is 16.6 Å². The summed E-state index contributed by atoms with van der Waals surface area (Å²) in [5, 5.41) is 21.5. The van der Waals surface area contributed by atoms with Gasteiger partial charge >= 0.3 is 5.88 Å². The van der Waals surface area contributed by atoms with Crippen LogP contribution in [0.2, 0.25) is 0 Å². The number of thiocarbonyl (C=S) groups is 1. The first kappa shape index (κ1) is 18.5. The number of anilines is 1. The SMILES string of the molecule is O=C1/C(=C\C=C\c2ccc([N+](=O)[O-])o2)SC(=S)N1c1cccc([N+](=O)[O-])c1. The Bertz CT molecular complexity index is 1030. The monoisotopic (exact) mass is 403 g/mol. The van der Waals surface area contributed by atoms with Crippen LogP contribution in [0.4, 0.5) is 17.3 Å². The van der Waals surface area contributed by atoms with Crippen LogP contribution in [-0.4, -0.2) is 20.1 Å². The van der Waals surface area contributed by atoms with Crippen LogP contribution < -0.4 is 4.90 Å². The fraction of sp³-hybridized carbons (Fsp3) is 0. The van der Waals surface area contributed by atoms with Crippen LogP contribution in [0.1, 0.15) is 5.76 Å². The molecule has 9 nitrogen and oxygen atoms in total. The minimum atomic E-state index is -0.651. The first-order valence-electron chi connectivity index (χ1n) is 7.30. The maximum absolute atomic E-state index is 12.6. The van der Waals surface area contributed by atoms with E-state index in [2.05, 4.69) is 0 Å². The highest BCUT2D eigenvalue weighted by Crippen LogP contribution is 2.36. The van der Waals surface area contributed by atoms with Gasteiger partial charge in [0.05, 0.1) is 21.6 Å². The molecule has 1 aliphatic rings. The molecule has 11 heteroatoms. The number of nitro groups is 2. The molecule has 1 aliphatic heterocycles. The van der Waals surface area contributed by atoms with Crippen LogP contribution in [0.25, 0.3) is 6.08 Å². The molecule has 2 heterocycles. The molecule has 1 amide bonds. The Balaban J connectivity index is 1.80. The molecule has 1 aromatic carbocycles. The molecule has 27 heavy (non-hydrogen) atoms. The van der Waals surface area contributed by atoms with E-state index in [1.165, 1.54) is 53.5 Å². The van der Waals surface area contributed by atoms with E-state index in [1.54, 1.807) is 6.07 Å². The number of nitro benzene ring substituents is 1. The van der Waals surface area contributed by atoms with Crippen molar-refractivity contribution >= 4 is 57.5 Å². The summed E-state index contributed by atoms with van der Waals surface area (Å²) in [7, 11) is 0. The van der Waals surface area contributed by atoms with Gasteiger partial charge in [0.2, 0.25) is 0 Å². The number of carbonyl (C=O) groups excluding carboxylic acids is 1. The number of non-ortho nitro benzene ring substituents is 1. The molecular weight excluding hydrogens is 394 g/mol. The molecule has 0 atom stereocenters. The second kappa shape index (κ2) is 7.51. The van der Waals surface area contributed by atoms with E-state index in [9.17, 15) is 25.0 Å². The molecule has 0 N–H and O–H groups in total. The maximum atomic E-state index is 12.6. The van der Waals surface area contributed by atoms with Crippen molar-refractivity contribution in [2.24, 2.45) is 0 Å². The third kappa shape index (κ3) is 3.93. The highest BCUT2D eigenvalue weighted by Gasteiger charge is 2.33. The van der Waals surface area contributed by atoms with Crippen LogP contribution in [0.5, 0.6) is 0 Å². The summed E-state index contributed by atoms with van der Waals surface area (Å²) >= 11 is 6.25. The molecule has 3 rings (SSSR count). The summed E-state index contributed by atoms with van der Waals surface area (Å²) in [6.45, 7) is 0. The number of rotatable bonds is 5. The lowest BCUT2D eigenvalue weighted by atomic mass is 10.2. The predicted molar refractivity (Wildman–Crippen MR) is 103 cm³/mol. The van der Waals surface area contributed by atoms with Gasteiger partial charge in [-0.1, -0.05) is 36.1 Å². The summed E-state index contributed by atoms with van der Waals surface area (Å²) in [5.74, 6) is -0.542. The minimum absolute atomic E-state index is 0.148. The normalized spacial score (nSPS) is 15.9. The standard InChI is InChI=1S/C16H9N3O6S2/c20-15-13(6-2-5-12-7-8-14(25-12)19(23)24)27-16(26)17(15)10-3-1-4-11(9-10)18(21)22/h1-9H/b5-2+,13-6+. The van der Waals surface area contributed by atoms with Gasteiger partial charge < -0.3 is 4.42 Å². The highest BCUT2D eigenvalue weighted by atomic mass is 32.2. The first-order valence-corrected chi connectivity index (χ1v) is 8.52. The van der Waals surface area contributed by atoms with Crippen molar-refractivity contribution in [1.29, 1.82) is 0 Å². The summed E-state index contributed by atoms with van der Waals surface area (Å²) in [6.07, 6.45) is 4.46. The number of allylic oxidation sites excluding steroid dienone is 2. The maximum Gasteiger partial charge on any atom is 0.433 e. The number of thioether (sulfide) groups is 1. The van der Waals surface area contributed by atoms with Crippen molar-refractivity contribution in [3.8, 4) is 0 Å². The van der Waals surface area contributed by atoms with Gasteiger partial charge in [0, 0.05) is 12.1 Å². The van der Waals surface area contributed by atoms with Crippen molar-refractivity contribution < 1.29 is 19.1 Å². The lowest BCUT2D eigenvalue weighted by Crippen LogP contribution is -2.27. The molecule has 136 valence electrons. The Labute approximate surface area is 161 Å². The topological polar surface area (TPSA) is 120 Å². The third-order valence-electron chi connectivity index (χ3n) is 3.39. The van der Waals surface area contributed by atoms with Gasteiger partial charge in [-0.2, -0.15) is 0 Å². The number of benzene rings is 1. The number of amides is 1. The number of nitrogens with zero attached hydrogens (tertiary/aromatic N) is 3. The van der Waals surface area contributed by atoms with Crippen LogP contribution in [0.15, 0.2) is 57.9 Å². The average Bonchev–Trinajstić information content (AvgIpc) is 3.20. The Morgan fingerprint density at radius 1 is 1.15 bits per heavy atom. The number of furan rings is 1. The Hall–Kier alpha value is -3.31. The van der Waals surface area contributed by atoms with E-state index in [1.807, 2.05) is 0 Å². The van der Waals surface area contributed by atoms with Crippen LogP contribution in [-0.2, 0) is 4.79 Å². The largest absolute Gasteiger partial charge is 0.433 e. The highest BCUT2D eigenvalue weighted by molar-refractivity contribution is 8.27. The molecule has 0 aliphatic carbocycles. The van der Waals surface area contributed by atoms with E-state index in [0.29, 0.717) is 10.6 Å². The van der Waals surface area contributed by atoms with Gasteiger partial charge in [-0.05, 0) is 24.3 Å². The molecule has 0 bridgehead atoms. The van der Waals surface area contributed by atoms with Gasteiger partial charge in [0.15, 0.2) is 4.32 Å². The third-order valence-corrected chi connectivity index (χ3v) is 4.71. The molecule has 0 radical (unpaired) electrons. The zero-order valence-electron chi connectivity index (χ0n) is 13.3. The van der Waals surface area contributed by atoms with E-state index >= 15 is 0 Å². The van der Waals surface area contributed by atoms with E-state index in [-0.39, 0.29) is 21.7 Å². The zero-order chi connectivity index (χ0) is 19.6. The summed E-state index contributed by atoms with van der Waals surface area (Å²) in [5.41, 5.74) is 0.158. The van der Waals surface area contributed by atoms with Crippen LogP contribution in [0.3, 0.4) is 0 Å². The van der Waals surface area contributed by atoms with Gasteiger partial charge in [0.1, 0.15) is 10.7 Å². The molecule has 1 fully saturated rings. The quantitative estimate of drug-likeness (QED) is 0.317. The van der Waals surface area contributed by atoms with Gasteiger partial charge in [-0.15, -0.1) is 0 Å². The van der Waals surface area contributed by atoms with Crippen molar-refractivity contribution in [1.82, 2.24) is 0 Å².